The summed E-state index contributed by atoms with van der Waals surface area (Å²) in [4.78, 5) is 0. The summed E-state index contributed by atoms with van der Waals surface area (Å²) in [6.45, 7) is 0. The predicted octanol–water partition coefficient (Wildman–Crippen LogP) is 3.59. The molecule has 102 valence electrons. The smallest absolute Gasteiger partial charge is 0.207 e. The van der Waals surface area contributed by atoms with E-state index in [1.807, 2.05) is 0 Å². The summed E-state index contributed by atoms with van der Waals surface area (Å²) in [6.07, 6.45) is 4.09. The van der Waals surface area contributed by atoms with E-state index in [9.17, 15) is 8.42 Å². The number of rotatable bonds is 4. The Morgan fingerprint density at radius 3 is 2.72 bits per heavy atom. The maximum atomic E-state index is 12.2. The summed E-state index contributed by atoms with van der Waals surface area (Å²) in [5.74, 6) is 0.764. The van der Waals surface area contributed by atoms with Crippen LogP contribution >= 0.6 is 38.9 Å². The van der Waals surface area contributed by atoms with Gasteiger partial charge in [-0.1, -0.05) is 12.8 Å². The van der Waals surface area contributed by atoms with Crippen LogP contribution in [-0.4, -0.2) is 20.3 Å². The molecular weight excluding hydrogens is 358 g/mol. The zero-order valence-electron chi connectivity index (χ0n) is 9.73. The van der Waals surface area contributed by atoms with E-state index in [1.54, 1.807) is 12.1 Å². The van der Waals surface area contributed by atoms with Crippen molar-refractivity contribution in [2.45, 2.75) is 35.9 Å². The van der Waals surface area contributed by atoms with Crippen molar-refractivity contribution in [3.05, 3.63) is 15.9 Å². The third-order valence-corrected chi connectivity index (χ3v) is 7.23. The predicted molar refractivity (Wildman–Crippen MR) is 78.8 cm³/mol. The third kappa shape index (κ3) is 3.48. The highest BCUT2D eigenvalue weighted by molar-refractivity contribution is 9.11. The molecule has 3 nitrogen and oxygen atoms in total. The number of thiophene rings is 1. The van der Waals surface area contributed by atoms with E-state index in [1.165, 1.54) is 11.3 Å². The van der Waals surface area contributed by atoms with E-state index in [4.69, 9.17) is 11.6 Å². The molecule has 0 saturated heterocycles. The van der Waals surface area contributed by atoms with Gasteiger partial charge in [0, 0.05) is 11.9 Å². The molecule has 0 amide bonds. The number of hydrogen-bond acceptors (Lipinski definition) is 3. The lowest BCUT2D eigenvalue weighted by Crippen LogP contribution is -2.42. The Bertz CT molecular complexity index is 503. The molecule has 1 N–H and O–H groups in total. The molecule has 1 aromatic rings. The van der Waals surface area contributed by atoms with E-state index in [0.717, 1.165) is 29.5 Å². The minimum absolute atomic E-state index is 0.0258. The molecule has 1 aliphatic rings. The van der Waals surface area contributed by atoms with Crippen molar-refractivity contribution >= 4 is 48.9 Å². The Morgan fingerprint density at radius 2 is 2.11 bits per heavy atom. The van der Waals surface area contributed by atoms with Gasteiger partial charge in [0.1, 0.15) is 4.21 Å². The SMILES string of the molecule is O=S(=O)(NC1CCCCC1CCl)c1ccc(Br)s1. The Hall–Kier alpha value is 0.380. The minimum atomic E-state index is -3.40. The van der Waals surface area contributed by atoms with Crippen LogP contribution in [0.3, 0.4) is 0 Å². The molecule has 0 radical (unpaired) electrons. The van der Waals surface area contributed by atoms with E-state index < -0.39 is 10.0 Å². The first-order valence-electron chi connectivity index (χ1n) is 5.86. The van der Waals surface area contributed by atoms with Gasteiger partial charge in [-0.25, -0.2) is 13.1 Å². The first-order valence-corrected chi connectivity index (χ1v) is 9.49. The number of nitrogens with one attached hydrogen (secondary N) is 1. The van der Waals surface area contributed by atoms with E-state index in [0.29, 0.717) is 10.1 Å². The molecular formula is C11H15BrClNO2S2. The lowest BCUT2D eigenvalue weighted by atomic mass is 9.86. The normalized spacial score (nSPS) is 25.2. The fraction of sp³-hybridized carbons (Fsp3) is 0.636. The van der Waals surface area contributed by atoms with Crippen LogP contribution in [0.1, 0.15) is 25.7 Å². The van der Waals surface area contributed by atoms with Crippen molar-refractivity contribution in [1.82, 2.24) is 4.72 Å². The molecule has 1 saturated carbocycles. The van der Waals surface area contributed by atoms with Gasteiger partial charge in [0.2, 0.25) is 10.0 Å². The van der Waals surface area contributed by atoms with Gasteiger partial charge in [-0.15, -0.1) is 22.9 Å². The van der Waals surface area contributed by atoms with Crippen molar-refractivity contribution < 1.29 is 8.42 Å². The number of hydrogen-bond donors (Lipinski definition) is 1. The highest BCUT2D eigenvalue weighted by atomic mass is 79.9. The summed E-state index contributed by atoms with van der Waals surface area (Å²) in [6, 6.07) is 3.34. The Balaban J connectivity index is 2.12. The molecule has 0 aromatic carbocycles. The third-order valence-electron chi connectivity index (χ3n) is 3.23. The lowest BCUT2D eigenvalue weighted by molar-refractivity contribution is 0.314. The highest BCUT2D eigenvalue weighted by Crippen LogP contribution is 2.29. The standard InChI is InChI=1S/C11H15BrClNO2S2/c12-10-5-6-11(17-10)18(15,16)14-9-4-2-1-3-8(9)7-13/h5-6,8-9,14H,1-4,7H2. The van der Waals surface area contributed by atoms with Gasteiger partial charge in [0.05, 0.1) is 3.79 Å². The van der Waals surface area contributed by atoms with Gasteiger partial charge in [0.25, 0.3) is 0 Å². The van der Waals surface area contributed by atoms with Crippen LogP contribution in [0.2, 0.25) is 0 Å². The van der Waals surface area contributed by atoms with E-state index in [-0.39, 0.29) is 12.0 Å². The average Bonchev–Trinajstić information content (AvgIpc) is 2.77. The van der Waals surface area contributed by atoms with Crippen molar-refractivity contribution in [2.75, 3.05) is 5.88 Å². The Labute approximate surface area is 125 Å². The molecule has 2 unspecified atom stereocenters. The van der Waals surface area contributed by atoms with Crippen molar-refractivity contribution in [3.63, 3.8) is 0 Å². The highest BCUT2D eigenvalue weighted by Gasteiger charge is 2.29. The van der Waals surface area contributed by atoms with Crippen molar-refractivity contribution in [3.8, 4) is 0 Å². The molecule has 7 heteroatoms. The molecule has 1 heterocycles. The number of sulfonamides is 1. The first kappa shape index (κ1) is 14.8. The summed E-state index contributed by atoms with van der Waals surface area (Å²) >= 11 is 10.4. The van der Waals surface area contributed by atoms with Gasteiger partial charge >= 0.3 is 0 Å². The monoisotopic (exact) mass is 371 g/mol. The van der Waals surface area contributed by atoms with Crippen LogP contribution in [0.4, 0.5) is 0 Å². The molecule has 2 rings (SSSR count). The van der Waals surface area contributed by atoms with Crippen molar-refractivity contribution in [1.29, 1.82) is 0 Å². The quantitative estimate of drug-likeness (QED) is 0.821. The maximum Gasteiger partial charge on any atom is 0.250 e. The molecule has 1 fully saturated rings. The first-order chi connectivity index (χ1) is 8.53. The average molecular weight is 373 g/mol. The van der Waals surface area contributed by atoms with Crippen LogP contribution in [0.5, 0.6) is 0 Å². The largest absolute Gasteiger partial charge is 0.250 e. The van der Waals surface area contributed by atoms with Crippen LogP contribution in [0, 0.1) is 5.92 Å². The summed E-state index contributed by atoms with van der Waals surface area (Å²) in [5.41, 5.74) is 0. The second-order valence-electron chi connectivity index (χ2n) is 4.49. The summed E-state index contributed by atoms with van der Waals surface area (Å²) in [5, 5.41) is 0. The molecule has 1 aliphatic carbocycles. The summed E-state index contributed by atoms with van der Waals surface area (Å²) in [7, 11) is -3.40. The Morgan fingerprint density at radius 1 is 1.39 bits per heavy atom. The van der Waals surface area contributed by atoms with Gasteiger partial charge in [-0.05, 0) is 46.8 Å². The molecule has 0 aliphatic heterocycles. The second-order valence-corrected chi connectivity index (χ2v) is 9.20. The molecule has 1 aromatic heterocycles. The lowest BCUT2D eigenvalue weighted by Gasteiger charge is -2.30. The fourth-order valence-corrected chi connectivity index (χ4v) is 5.98. The number of alkyl halides is 1. The van der Waals surface area contributed by atoms with Crippen LogP contribution in [-0.2, 0) is 10.0 Å². The van der Waals surface area contributed by atoms with Crippen molar-refractivity contribution in [2.24, 2.45) is 5.92 Å². The zero-order valence-corrected chi connectivity index (χ0v) is 13.7. The molecule has 2 atom stereocenters. The van der Waals surface area contributed by atoms with E-state index >= 15 is 0 Å². The van der Waals surface area contributed by atoms with Crippen LogP contribution in [0.15, 0.2) is 20.1 Å². The molecule has 0 spiro atoms. The van der Waals surface area contributed by atoms with Crippen LogP contribution in [0.25, 0.3) is 0 Å². The number of halogens is 2. The summed E-state index contributed by atoms with van der Waals surface area (Å²) < 4.78 is 28.4. The minimum Gasteiger partial charge on any atom is -0.207 e. The van der Waals surface area contributed by atoms with Gasteiger partial charge < -0.3 is 0 Å². The molecule has 18 heavy (non-hydrogen) atoms. The fourth-order valence-electron chi connectivity index (χ4n) is 2.25. The van der Waals surface area contributed by atoms with Crippen LogP contribution < -0.4 is 4.72 Å². The van der Waals surface area contributed by atoms with Gasteiger partial charge in [-0.2, -0.15) is 0 Å². The maximum absolute atomic E-state index is 12.2. The zero-order chi connectivity index (χ0) is 13.2. The second kappa shape index (κ2) is 6.22. The van der Waals surface area contributed by atoms with Gasteiger partial charge in [-0.3, -0.25) is 0 Å². The Kier molecular flexibility index (Phi) is 5.11. The topological polar surface area (TPSA) is 46.2 Å². The molecule has 0 bridgehead atoms. The van der Waals surface area contributed by atoms with Gasteiger partial charge in [0.15, 0.2) is 0 Å². The van der Waals surface area contributed by atoms with E-state index in [2.05, 4.69) is 20.7 Å².